The van der Waals surface area contributed by atoms with Crippen LogP contribution in [0.1, 0.15) is 24.2 Å². The van der Waals surface area contributed by atoms with Gasteiger partial charge in [-0.25, -0.2) is 0 Å². The Labute approximate surface area is 97.7 Å². The van der Waals surface area contributed by atoms with E-state index in [-0.39, 0.29) is 10.6 Å². The van der Waals surface area contributed by atoms with Gasteiger partial charge in [0.05, 0.1) is 11.4 Å². The Morgan fingerprint density at radius 3 is 2.73 bits per heavy atom. The van der Waals surface area contributed by atoms with Crippen LogP contribution in [0.25, 0.3) is 0 Å². The number of ether oxygens (including phenoxy) is 1. The molecule has 0 fully saturated rings. The molecule has 0 spiro atoms. The van der Waals surface area contributed by atoms with Gasteiger partial charge in [0.1, 0.15) is 5.75 Å². The van der Waals surface area contributed by atoms with Crippen LogP contribution in [0.3, 0.4) is 0 Å². The maximum atomic E-state index is 11.7. The van der Waals surface area contributed by atoms with Crippen LogP contribution < -0.4 is 10.5 Å². The van der Waals surface area contributed by atoms with E-state index < -0.39 is 0 Å². The molecule has 0 bridgehead atoms. The van der Waals surface area contributed by atoms with Crippen molar-refractivity contribution < 1.29 is 9.53 Å². The predicted octanol–water partition coefficient (Wildman–Crippen LogP) is 2.63. The van der Waals surface area contributed by atoms with Crippen LogP contribution in [0, 0.1) is 0 Å². The number of carbonyl (C=O) groups is 1. The number of carbonyl (C=O) groups excluding carboxylic acids is 1. The van der Waals surface area contributed by atoms with Crippen molar-refractivity contribution in [3.8, 4) is 5.75 Å². The Kier molecular flexibility index (Phi) is 4.15. The van der Waals surface area contributed by atoms with E-state index in [4.69, 9.17) is 10.5 Å². The van der Waals surface area contributed by atoms with Crippen molar-refractivity contribution in [3.05, 3.63) is 23.8 Å². The molecule has 0 aliphatic heterocycles. The third-order valence-corrected chi connectivity index (χ3v) is 2.38. The summed E-state index contributed by atoms with van der Waals surface area (Å²) in [5.41, 5.74) is 6.75. The number of rotatable bonds is 4. The zero-order valence-corrected chi connectivity index (χ0v) is 10.4. The van der Waals surface area contributed by atoms with E-state index in [1.54, 1.807) is 25.1 Å². The van der Waals surface area contributed by atoms with Crippen molar-refractivity contribution in [1.82, 2.24) is 0 Å². The molecule has 1 aromatic carbocycles. The highest BCUT2D eigenvalue weighted by Gasteiger charge is 2.15. The predicted molar refractivity (Wildman–Crippen MR) is 64.7 cm³/mol. The van der Waals surface area contributed by atoms with E-state index in [0.717, 1.165) is 0 Å². The van der Waals surface area contributed by atoms with Gasteiger partial charge in [-0.05, 0) is 26.0 Å². The first-order valence-electron chi connectivity index (χ1n) is 4.76. The summed E-state index contributed by atoms with van der Waals surface area (Å²) in [4.78, 5) is 11.4. The number of halogens is 1. The van der Waals surface area contributed by atoms with Gasteiger partial charge < -0.3 is 10.5 Å². The summed E-state index contributed by atoms with van der Waals surface area (Å²) < 4.78 is 5.28. The fourth-order valence-corrected chi connectivity index (χ4v) is 1.48. The molecule has 1 aromatic rings. The molecule has 0 saturated heterocycles. The molecule has 0 saturated carbocycles. The largest absolute Gasteiger partial charge is 0.494 e. The zero-order valence-electron chi connectivity index (χ0n) is 8.79. The van der Waals surface area contributed by atoms with Gasteiger partial charge in [0.2, 0.25) is 0 Å². The lowest BCUT2D eigenvalue weighted by molar-refractivity contribution is 0.0996. The lowest BCUT2D eigenvalue weighted by atomic mass is 10.1. The molecule has 1 unspecified atom stereocenters. The first-order chi connectivity index (χ1) is 7.06. The molecular weight excluding hydrogens is 258 g/mol. The summed E-state index contributed by atoms with van der Waals surface area (Å²) in [5.74, 6) is 0.671. The van der Waals surface area contributed by atoms with Crippen LogP contribution >= 0.6 is 15.9 Å². The molecule has 0 aliphatic carbocycles. The van der Waals surface area contributed by atoms with Crippen LogP contribution in [0.15, 0.2) is 18.2 Å². The fraction of sp³-hybridized carbons (Fsp3) is 0.364. The molecule has 0 amide bonds. The quantitative estimate of drug-likeness (QED) is 0.520. The van der Waals surface area contributed by atoms with Crippen molar-refractivity contribution in [1.29, 1.82) is 0 Å². The van der Waals surface area contributed by atoms with Crippen LogP contribution in [0.5, 0.6) is 5.75 Å². The van der Waals surface area contributed by atoms with E-state index in [9.17, 15) is 4.79 Å². The minimum atomic E-state index is -0.224. The van der Waals surface area contributed by atoms with E-state index in [2.05, 4.69) is 15.9 Å². The van der Waals surface area contributed by atoms with E-state index >= 15 is 0 Å². The third-order valence-electron chi connectivity index (χ3n) is 1.96. The van der Waals surface area contributed by atoms with Gasteiger partial charge in [0, 0.05) is 17.3 Å². The minimum absolute atomic E-state index is 0.0180. The van der Waals surface area contributed by atoms with E-state index in [0.29, 0.717) is 23.6 Å². The second-order valence-electron chi connectivity index (χ2n) is 3.16. The van der Waals surface area contributed by atoms with Crippen LogP contribution in [0.2, 0.25) is 0 Å². The van der Waals surface area contributed by atoms with Crippen molar-refractivity contribution in [2.75, 3.05) is 12.3 Å². The fourth-order valence-electron chi connectivity index (χ4n) is 1.24. The summed E-state index contributed by atoms with van der Waals surface area (Å²) in [7, 11) is 0. The smallest absolute Gasteiger partial charge is 0.178 e. The molecule has 2 N–H and O–H groups in total. The van der Waals surface area contributed by atoms with Gasteiger partial charge >= 0.3 is 0 Å². The van der Waals surface area contributed by atoms with Gasteiger partial charge in [-0.3, -0.25) is 4.79 Å². The Hall–Kier alpha value is -1.03. The van der Waals surface area contributed by atoms with Gasteiger partial charge in [0.25, 0.3) is 0 Å². The second-order valence-corrected chi connectivity index (χ2v) is 4.54. The Bertz CT molecular complexity index is 364. The number of hydrogen-bond acceptors (Lipinski definition) is 3. The molecule has 15 heavy (non-hydrogen) atoms. The zero-order chi connectivity index (χ0) is 11.4. The lowest BCUT2D eigenvalue weighted by Crippen LogP contribution is -2.12. The number of hydrogen-bond donors (Lipinski definition) is 1. The number of ketones is 1. The maximum absolute atomic E-state index is 11.7. The van der Waals surface area contributed by atoms with Gasteiger partial charge in [-0.15, -0.1) is 0 Å². The molecular formula is C11H14BrNO2. The normalized spacial score (nSPS) is 12.2. The minimum Gasteiger partial charge on any atom is -0.494 e. The first-order valence-corrected chi connectivity index (χ1v) is 5.68. The highest BCUT2D eigenvalue weighted by molar-refractivity contribution is 9.10. The molecule has 1 atom stereocenters. The molecule has 82 valence electrons. The highest BCUT2D eigenvalue weighted by atomic mass is 79.9. The van der Waals surface area contributed by atoms with Crippen LogP contribution in [-0.4, -0.2) is 17.2 Å². The average Bonchev–Trinajstić information content (AvgIpc) is 2.17. The average molecular weight is 272 g/mol. The highest BCUT2D eigenvalue weighted by Crippen LogP contribution is 2.22. The Balaban J connectivity index is 2.97. The van der Waals surface area contributed by atoms with Crippen molar-refractivity contribution in [2.45, 2.75) is 18.7 Å². The van der Waals surface area contributed by atoms with Gasteiger partial charge in [-0.2, -0.15) is 0 Å². The van der Waals surface area contributed by atoms with E-state index in [1.807, 2.05) is 6.92 Å². The molecule has 0 heterocycles. The van der Waals surface area contributed by atoms with Crippen LogP contribution in [-0.2, 0) is 0 Å². The van der Waals surface area contributed by atoms with Crippen LogP contribution in [0.4, 0.5) is 5.69 Å². The maximum Gasteiger partial charge on any atom is 0.178 e. The molecule has 4 heteroatoms. The standard InChI is InChI=1S/C11H14BrNO2/c1-3-15-8-4-5-9(10(13)6-8)11(14)7(2)12/h4-7H,3,13H2,1-2H3. The van der Waals surface area contributed by atoms with E-state index in [1.165, 1.54) is 0 Å². The Morgan fingerprint density at radius 1 is 1.60 bits per heavy atom. The van der Waals surface area contributed by atoms with Crippen molar-refractivity contribution in [2.24, 2.45) is 0 Å². The number of nitrogen functional groups attached to an aromatic ring is 1. The SMILES string of the molecule is CCOc1ccc(C(=O)C(C)Br)c(N)c1. The number of nitrogens with two attached hydrogens (primary N) is 1. The number of anilines is 1. The molecule has 3 nitrogen and oxygen atoms in total. The first kappa shape index (κ1) is 12.0. The summed E-state index contributed by atoms with van der Waals surface area (Å²) in [5, 5.41) is 0. The van der Waals surface area contributed by atoms with Gasteiger partial charge in [-0.1, -0.05) is 15.9 Å². The molecule has 0 radical (unpaired) electrons. The molecule has 0 aliphatic rings. The number of Topliss-reactive ketones (excluding diaryl/α,β-unsaturated/α-hetero) is 1. The van der Waals surface area contributed by atoms with Crippen molar-refractivity contribution >= 4 is 27.4 Å². The van der Waals surface area contributed by atoms with Crippen molar-refractivity contribution in [3.63, 3.8) is 0 Å². The summed E-state index contributed by atoms with van der Waals surface area (Å²) >= 11 is 3.22. The number of alkyl halides is 1. The monoisotopic (exact) mass is 271 g/mol. The summed E-state index contributed by atoms with van der Waals surface area (Å²) in [6, 6.07) is 5.12. The summed E-state index contributed by atoms with van der Waals surface area (Å²) in [6.45, 7) is 4.26. The third kappa shape index (κ3) is 2.96. The second kappa shape index (κ2) is 5.16. The molecule has 0 aromatic heterocycles. The Morgan fingerprint density at radius 2 is 2.27 bits per heavy atom. The summed E-state index contributed by atoms with van der Waals surface area (Å²) in [6.07, 6.45) is 0. The number of benzene rings is 1. The lowest BCUT2D eigenvalue weighted by Gasteiger charge is -2.09. The molecule has 1 rings (SSSR count). The van der Waals surface area contributed by atoms with Gasteiger partial charge in [0.15, 0.2) is 5.78 Å². The topological polar surface area (TPSA) is 52.3 Å².